The van der Waals surface area contributed by atoms with E-state index in [4.69, 9.17) is 0 Å². The highest BCUT2D eigenvalue weighted by molar-refractivity contribution is 5.48. The van der Waals surface area contributed by atoms with E-state index < -0.39 is 0 Å². The normalized spacial score (nSPS) is 18.5. The van der Waals surface area contributed by atoms with Gasteiger partial charge in [0.15, 0.2) is 0 Å². The van der Waals surface area contributed by atoms with Crippen molar-refractivity contribution < 1.29 is 0 Å². The summed E-state index contributed by atoms with van der Waals surface area (Å²) in [7, 11) is 6.19. The molecule has 0 bridgehead atoms. The molecule has 1 aliphatic heterocycles. The van der Waals surface area contributed by atoms with Gasteiger partial charge >= 0.3 is 0 Å². The highest BCUT2D eigenvalue weighted by Gasteiger charge is 2.21. The lowest BCUT2D eigenvalue weighted by molar-refractivity contribution is 0.182. The second-order valence-electron chi connectivity index (χ2n) is 7.35. The van der Waals surface area contributed by atoms with Crippen LogP contribution in [-0.4, -0.2) is 47.9 Å². The maximum Gasteiger partial charge on any atom is 0.130 e. The topological polar surface area (TPSA) is 36.3 Å². The molecule has 0 spiro atoms. The SMILES string of the molecule is Cc1nn(C)c(N(C)C)c1CN[C@@H]1CCCN(Cc2ccccc2)C1. The van der Waals surface area contributed by atoms with Crippen LogP contribution in [0, 0.1) is 6.92 Å². The Kier molecular flexibility index (Phi) is 5.76. The molecule has 1 atom stereocenters. The fraction of sp³-hybridized carbons (Fsp3) is 0.550. The lowest BCUT2D eigenvalue weighted by Crippen LogP contribution is -2.45. The number of anilines is 1. The Morgan fingerprint density at radius 1 is 1.24 bits per heavy atom. The first-order valence-corrected chi connectivity index (χ1v) is 9.24. The van der Waals surface area contributed by atoms with Gasteiger partial charge in [-0.25, -0.2) is 0 Å². The summed E-state index contributed by atoms with van der Waals surface area (Å²) >= 11 is 0. The van der Waals surface area contributed by atoms with Gasteiger partial charge in [-0.15, -0.1) is 0 Å². The molecule has 0 radical (unpaired) electrons. The van der Waals surface area contributed by atoms with Gasteiger partial charge in [0.1, 0.15) is 5.82 Å². The van der Waals surface area contributed by atoms with Gasteiger partial charge in [-0.3, -0.25) is 9.58 Å². The molecule has 0 amide bonds. The average Bonchev–Trinajstić information content (AvgIpc) is 2.88. The number of aromatic nitrogens is 2. The molecule has 1 saturated heterocycles. The Labute approximate surface area is 151 Å². The van der Waals surface area contributed by atoms with Crippen LogP contribution in [0.3, 0.4) is 0 Å². The fourth-order valence-electron chi connectivity index (χ4n) is 3.91. The third-order valence-electron chi connectivity index (χ3n) is 5.06. The maximum absolute atomic E-state index is 4.59. The second-order valence-corrected chi connectivity index (χ2v) is 7.35. The van der Waals surface area contributed by atoms with Crippen LogP contribution in [0.15, 0.2) is 30.3 Å². The largest absolute Gasteiger partial charge is 0.363 e. The molecule has 0 unspecified atom stereocenters. The molecule has 0 aliphatic carbocycles. The smallest absolute Gasteiger partial charge is 0.130 e. The van der Waals surface area contributed by atoms with Crippen LogP contribution in [0.5, 0.6) is 0 Å². The first-order valence-electron chi connectivity index (χ1n) is 9.24. The van der Waals surface area contributed by atoms with Gasteiger partial charge in [-0.2, -0.15) is 5.10 Å². The molecule has 5 heteroatoms. The molecule has 136 valence electrons. The van der Waals surface area contributed by atoms with Crippen LogP contribution in [0.2, 0.25) is 0 Å². The number of benzene rings is 1. The van der Waals surface area contributed by atoms with Crippen LogP contribution in [0.1, 0.15) is 29.7 Å². The van der Waals surface area contributed by atoms with E-state index in [1.165, 1.54) is 36.3 Å². The maximum atomic E-state index is 4.59. The van der Waals surface area contributed by atoms with E-state index in [1.54, 1.807) is 0 Å². The molecule has 1 aromatic heterocycles. The Morgan fingerprint density at radius 3 is 2.72 bits per heavy atom. The van der Waals surface area contributed by atoms with Crippen molar-refractivity contribution in [1.29, 1.82) is 0 Å². The monoisotopic (exact) mass is 341 g/mol. The zero-order chi connectivity index (χ0) is 17.8. The highest BCUT2D eigenvalue weighted by Crippen LogP contribution is 2.22. The van der Waals surface area contributed by atoms with Crippen LogP contribution >= 0.6 is 0 Å². The molecule has 1 N–H and O–H groups in total. The number of rotatable bonds is 6. The van der Waals surface area contributed by atoms with Crippen LogP contribution in [-0.2, 0) is 20.1 Å². The molecule has 3 rings (SSSR count). The first kappa shape index (κ1) is 18.0. The highest BCUT2D eigenvalue weighted by atomic mass is 15.4. The standard InChI is InChI=1S/C20H31N5/c1-16-19(20(23(2)3)24(4)22-16)13-21-18-11-8-12-25(15-18)14-17-9-6-5-7-10-17/h5-7,9-10,18,21H,8,11-15H2,1-4H3/t18-/m1/s1. The summed E-state index contributed by atoms with van der Waals surface area (Å²) in [5.74, 6) is 1.20. The third-order valence-corrected chi connectivity index (χ3v) is 5.06. The number of hydrogen-bond acceptors (Lipinski definition) is 4. The lowest BCUT2D eigenvalue weighted by Gasteiger charge is -2.33. The van der Waals surface area contributed by atoms with Crippen molar-refractivity contribution in [3.05, 3.63) is 47.2 Å². The van der Waals surface area contributed by atoms with Crippen molar-refractivity contribution in [2.24, 2.45) is 7.05 Å². The van der Waals surface area contributed by atoms with Crippen LogP contribution in [0.4, 0.5) is 5.82 Å². The summed E-state index contributed by atoms with van der Waals surface area (Å²) < 4.78 is 1.98. The molecule has 25 heavy (non-hydrogen) atoms. The predicted molar refractivity (Wildman–Crippen MR) is 104 cm³/mol. The lowest BCUT2D eigenvalue weighted by atomic mass is 10.0. The van der Waals surface area contributed by atoms with Crippen molar-refractivity contribution in [3.63, 3.8) is 0 Å². The van der Waals surface area contributed by atoms with Crippen molar-refractivity contribution in [2.45, 2.75) is 38.9 Å². The van der Waals surface area contributed by atoms with Crippen LogP contribution in [0.25, 0.3) is 0 Å². The molecule has 1 aromatic carbocycles. The fourth-order valence-corrected chi connectivity index (χ4v) is 3.91. The third kappa shape index (κ3) is 4.41. The van der Waals surface area contributed by atoms with Gasteiger partial charge in [0.05, 0.1) is 5.69 Å². The van der Waals surface area contributed by atoms with E-state index in [9.17, 15) is 0 Å². The van der Waals surface area contributed by atoms with E-state index >= 15 is 0 Å². The van der Waals surface area contributed by atoms with E-state index in [0.717, 1.165) is 25.3 Å². The molecular formula is C20H31N5. The van der Waals surface area contributed by atoms with Crippen LogP contribution < -0.4 is 10.2 Å². The van der Waals surface area contributed by atoms with Gasteiger partial charge in [0.2, 0.25) is 0 Å². The Morgan fingerprint density at radius 2 is 2.00 bits per heavy atom. The van der Waals surface area contributed by atoms with E-state index in [2.05, 4.69) is 71.6 Å². The molecule has 1 fully saturated rings. The number of aryl methyl sites for hydroxylation is 2. The Bertz CT molecular complexity index is 677. The van der Waals surface area contributed by atoms with Gasteiger partial charge in [-0.1, -0.05) is 30.3 Å². The summed E-state index contributed by atoms with van der Waals surface area (Å²) in [6.07, 6.45) is 2.51. The number of piperidine rings is 1. The minimum absolute atomic E-state index is 0.548. The van der Waals surface area contributed by atoms with Crippen molar-refractivity contribution >= 4 is 5.82 Å². The van der Waals surface area contributed by atoms with E-state index in [-0.39, 0.29) is 0 Å². The summed E-state index contributed by atoms with van der Waals surface area (Å²) in [4.78, 5) is 4.72. The van der Waals surface area contributed by atoms with Crippen molar-refractivity contribution in [3.8, 4) is 0 Å². The molecule has 1 aliphatic rings. The minimum Gasteiger partial charge on any atom is -0.363 e. The predicted octanol–water partition coefficient (Wildman–Crippen LogP) is 2.55. The quantitative estimate of drug-likeness (QED) is 0.876. The summed E-state index contributed by atoms with van der Waals surface area (Å²) in [5.41, 5.74) is 3.84. The van der Waals surface area contributed by atoms with Gasteiger partial charge in [0, 0.05) is 52.4 Å². The minimum atomic E-state index is 0.548. The summed E-state index contributed by atoms with van der Waals surface area (Å²) in [5, 5.41) is 8.37. The first-order chi connectivity index (χ1) is 12.0. The summed E-state index contributed by atoms with van der Waals surface area (Å²) in [6.45, 7) is 6.35. The Balaban J connectivity index is 1.58. The number of likely N-dealkylation sites (tertiary alicyclic amines) is 1. The average molecular weight is 342 g/mol. The number of hydrogen-bond donors (Lipinski definition) is 1. The van der Waals surface area contributed by atoms with Crippen molar-refractivity contribution in [2.75, 3.05) is 32.1 Å². The van der Waals surface area contributed by atoms with E-state index in [1.807, 2.05) is 11.7 Å². The van der Waals surface area contributed by atoms with Gasteiger partial charge < -0.3 is 10.2 Å². The van der Waals surface area contributed by atoms with Crippen molar-refractivity contribution in [1.82, 2.24) is 20.0 Å². The molecule has 0 saturated carbocycles. The Hall–Kier alpha value is -1.85. The molecule has 5 nitrogen and oxygen atoms in total. The summed E-state index contributed by atoms with van der Waals surface area (Å²) in [6, 6.07) is 11.3. The zero-order valence-electron chi connectivity index (χ0n) is 16.0. The zero-order valence-corrected chi connectivity index (χ0v) is 16.0. The molecule has 2 aromatic rings. The second kappa shape index (κ2) is 8.02. The number of nitrogens with one attached hydrogen (secondary N) is 1. The van der Waals surface area contributed by atoms with E-state index in [0.29, 0.717) is 6.04 Å². The number of nitrogens with zero attached hydrogens (tertiary/aromatic N) is 4. The molecular weight excluding hydrogens is 310 g/mol. The van der Waals surface area contributed by atoms with Gasteiger partial charge in [-0.05, 0) is 31.9 Å². The molecule has 2 heterocycles. The van der Waals surface area contributed by atoms with Gasteiger partial charge in [0.25, 0.3) is 0 Å².